The van der Waals surface area contributed by atoms with Crippen LogP contribution in [0.2, 0.25) is 0 Å². The standard InChI is InChI=1S/C26H38N4O4S/c1-5-29(6-2)18-11-9-17(10-12-18)28-23(33)21-26-14-13-25(3,35-26)19(22(32)27-4)20(26)24(34)30(21)15-7-8-16-31/h9-12,19-21,31H,5-8,13-16H2,1-4H3,(H,27,32)(H,28,33)/t19-,20-,21?,25+,26?/m0/s1. The Hall–Kier alpha value is -2.26. The van der Waals surface area contributed by atoms with Crippen LogP contribution in [-0.4, -0.2) is 76.6 Å². The first kappa shape index (κ1) is 25.8. The molecule has 1 spiro atoms. The van der Waals surface area contributed by atoms with E-state index in [2.05, 4.69) is 36.3 Å². The lowest BCUT2D eigenvalue weighted by atomic mass is 9.66. The van der Waals surface area contributed by atoms with Gasteiger partial charge in [-0.25, -0.2) is 0 Å². The number of nitrogens with zero attached hydrogens (tertiary/aromatic N) is 2. The number of aliphatic hydroxyl groups excluding tert-OH is 1. The first-order chi connectivity index (χ1) is 16.8. The van der Waals surface area contributed by atoms with Crippen molar-refractivity contribution >= 4 is 40.9 Å². The van der Waals surface area contributed by atoms with Crippen LogP contribution in [0.4, 0.5) is 11.4 Å². The van der Waals surface area contributed by atoms with Gasteiger partial charge in [-0.3, -0.25) is 14.4 Å². The van der Waals surface area contributed by atoms with Gasteiger partial charge in [0, 0.05) is 49.4 Å². The van der Waals surface area contributed by atoms with Crippen LogP contribution in [0.3, 0.4) is 0 Å². The number of carbonyl (C=O) groups excluding carboxylic acids is 3. The Labute approximate surface area is 212 Å². The summed E-state index contributed by atoms with van der Waals surface area (Å²) >= 11 is 1.67. The third-order valence-electron chi connectivity index (χ3n) is 8.12. The molecule has 2 bridgehead atoms. The molecule has 192 valence electrons. The summed E-state index contributed by atoms with van der Waals surface area (Å²) < 4.78 is -0.977. The molecule has 0 aromatic heterocycles. The molecule has 1 aromatic carbocycles. The largest absolute Gasteiger partial charge is 0.396 e. The molecule has 3 saturated heterocycles. The van der Waals surface area contributed by atoms with E-state index in [4.69, 9.17) is 0 Å². The summed E-state index contributed by atoms with van der Waals surface area (Å²) in [5.74, 6) is -1.39. The van der Waals surface area contributed by atoms with E-state index in [0.717, 1.165) is 31.6 Å². The molecular formula is C26H38N4O4S. The fraction of sp³-hybridized carbons (Fsp3) is 0.654. The molecule has 8 nitrogen and oxygen atoms in total. The van der Waals surface area contributed by atoms with Crippen molar-refractivity contribution in [1.29, 1.82) is 0 Å². The minimum Gasteiger partial charge on any atom is -0.396 e. The number of rotatable bonds is 10. The first-order valence-electron chi connectivity index (χ1n) is 12.7. The van der Waals surface area contributed by atoms with Crippen LogP contribution in [0.15, 0.2) is 24.3 Å². The average Bonchev–Trinajstić information content (AvgIpc) is 3.41. The van der Waals surface area contributed by atoms with Crippen molar-refractivity contribution < 1.29 is 19.5 Å². The van der Waals surface area contributed by atoms with E-state index in [0.29, 0.717) is 25.1 Å². The molecule has 2 unspecified atom stereocenters. The van der Waals surface area contributed by atoms with Crippen LogP contribution >= 0.6 is 11.8 Å². The van der Waals surface area contributed by atoms with Gasteiger partial charge in [-0.2, -0.15) is 0 Å². The number of nitrogens with one attached hydrogen (secondary N) is 2. The van der Waals surface area contributed by atoms with Gasteiger partial charge in [-0.15, -0.1) is 11.8 Å². The van der Waals surface area contributed by atoms with Gasteiger partial charge in [0.25, 0.3) is 0 Å². The Kier molecular flexibility index (Phi) is 7.38. The lowest BCUT2D eigenvalue weighted by molar-refractivity contribution is -0.140. The average molecular weight is 503 g/mol. The first-order valence-corrected chi connectivity index (χ1v) is 13.6. The van der Waals surface area contributed by atoms with Gasteiger partial charge < -0.3 is 25.5 Å². The van der Waals surface area contributed by atoms with E-state index >= 15 is 0 Å². The summed E-state index contributed by atoms with van der Waals surface area (Å²) in [6.45, 7) is 8.53. The Morgan fingerprint density at radius 1 is 1.14 bits per heavy atom. The number of hydrogen-bond donors (Lipinski definition) is 3. The summed E-state index contributed by atoms with van der Waals surface area (Å²) in [5.41, 5.74) is 1.79. The third-order valence-corrected chi connectivity index (χ3v) is 10.1. The predicted octanol–water partition coefficient (Wildman–Crippen LogP) is 2.47. The zero-order valence-corrected chi connectivity index (χ0v) is 22.0. The Morgan fingerprint density at radius 3 is 2.43 bits per heavy atom. The van der Waals surface area contributed by atoms with Gasteiger partial charge in [0.2, 0.25) is 17.7 Å². The van der Waals surface area contributed by atoms with Crippen LogP contribution in [0, 0.1) is 11.8 Å². The number of anilines is 2. The zero-order chi connectivity index (χ0) is 25.4. The van der Waals surface area contributed by atoms with Crippen molar-refractivity contribution in [3.05, 3.63) is 24.3 Å². The number of fused-ring (bicyclic) bond motifs is 1. The molecule has 4 rings (SSSR count). The highest BCUT2D eigenvalue weighted by molar-refractivity contribution is 8.02. The molecule has 35 heavy (non-hydrogen) atoms. The number of aliphatic hydroxyl groups is 1. The maximum Gasteiger partial charge on any atom is 0.248 e. The van der Waals surface area contributed by atoms with Crippen LogP contribution in [0.25, 0.3) is 0 Å². The lowest BCUT2D eigenvalue weighted by Gasteiger charge is -2.34. The normalized spacial score (nSPS) is 30.9. The highest BCUT2D eigenvalue weighted by atomic mass is 32.2. The SMILES string of the molecule is CCN(CC)c1ccc(NC(=O)C2N(CCCCO)C(=O)[C@@H]3[C@@H](C(=O)NC)[C@@]4(C)CCC23S4)cc1. The molecule has 3 fully saturated rings. The maximum absolute atomic E-state index is 13.8. The van der Waals surface area contributed by atoms with E-state index in [-0.39, 0.29) is 29.1 Å². The second-order valence-corrected chi connectivity index (χ2v) is 11.9. The lowest BCUT2D eigenvalue weighted by Crippen LogP contribution is -2.52. The number of thioether (sulfide) groups is 1. The van der Waals surface area contributed by atoms with Crippen molar-refractivity contribution in [2.24, 2.45) is 11.8 Å². The van der Waals surface area contributed by atoms with Gasteiger partial charge in [-0.05, 0) is 70.7 Å². The van der Waals surface area contributed by atoms with E-state index in [1.807, 2.05) is 24.3 Å². The summed E-state index contributed by atoms with van der Waals surface area (Å²) in [6, 6.07) is 7.16. The molecule has 3 aliphatic heterocycles. The minimum atomic E-state index is -0.650. The molecule has 3 heterocycles. The van der Waals surface area contributed by atoms with Gasteiger partial charge in [0.05, 0.1) is 16.6 Å². The predicted molar refractivity (Wildman–Crippen MR) is 139 cm³/mol. The number of unbranched alkanes of at least 4 members (excludes halogenated alkanes) is 1. The molecule has 1 aromatic rings. The van der Waals surface area contributed by atoms with Gasteiger partial charge in [0.1, 0.15) is 6.04 Å². The molecule has 3 aliphatic rings. The van der Waals surface area contributed by atoms with Gasteiger partial charge in [0.15, 0.2) is 0 Å². The van der Waals surface area contributed by atoms with Crippen LogP contribution in [0.1, 0.15) is 46.5 Å². The van der Waals surface area contributed by atoms with Crippen LogP contribution in [-0.2, 0) is 14.4 Å². The van der Waals surface area contributed by atoms with Crippen molar-refractivity contribution in [2.45, 2.75) is 62.0 Å². The third kappa shape index (κ3) is 4.20. The Bertz CT molecular complexity index is 969. The molecule has 5 atom stereocenters. The molecule has 3 amide bonds. The monoisotopic (exact) mass is 502 g/mol. The molecular weight excluding hydrogens is 464 g/mol. The molecule has 9 heteroatoms. The second-order valence-electron chi connectivity index (χ2n) is 10.0. The number of likely N-dealkylation sites (tertiary alicyclic amines) is 1. The quantitative estimate of drug-likeness (QED) is 0.425. The highest BCUT2D eigenvalue weighted by Crippen LogP contribution is 2.71. The summed E-state index contributed by atoms with van der Waals surface area (Å²) in [4.78, 5) is 44.5. The van der Waals surface area contributed by atoms with Crippen LogP contribution in [0.5, 0.6) is 0 Å². The van der Waals surface area contributed by atoms with Gasteiger partial charge >= 0.3 is 0 Å². The summed E-state index contributed by atoms with van der Waals surface area (Å²) in [6.07, 6.45) is 2.70. The van der Waals surface area contributed by atoms with E-state index < -0.39 is 22.6 Å². The molecule has 0 radical (unpaired) electrons. The van der Waals surface area contributed by atoms with E-state index in [1.165, 1.54) is 0 Å². The van der Waals surface area contributed by atoms with E-state index in [9.17, 15) is 19.5 Å². The molecule has 0 saturated carbocycles. The topological polar surface area (TPSA) is 102 Å². The number of carbonyl (C=O) groups is 3. The summed E-state index contributed by atoms with van der Waals surface area (Å²) in [5, 5.41) is 15.1. The molecule has 0 aliphatic carbocycles. The fourth-order valence-corrected chi connectivity index (χ4v) is 8.83. The van der Waals surface area contributed by atoms with Crippen molar-refractivity contribution in [1.82, 2.24) is 10.2 Å². The maximum atomic E-state index is 13.8. The fourth-order valence-electron chi connectivity index (χ4n) is 6.47. The zero-order valence-electron chi connectivity index (χ0n) is 21.2. The number of hydrogen-bond acceptors (Lipinski definition) is 6. The molecule has 3 N–H and O–H groups in total. The van der Waals surface area contributed by atoms with Crippen LogP contribution < -0.4 is 15.5 Å². The Balaban J connectivity index is 1.64. The number of benzene rings is 1. The summed E-state index contributed by atoms with van der Waals surface area (Å²) in [7, 11) is 1.61. The van der Waals surface area contributed by atoms with Crippen molar-refractivity contribution in [3.8, 4) is 0 Å². The highest BCUT2D eigenvalue weighted by Gasteiger charge is 2.76. The Morgan fingerprint density at radius 2 is 1.83 bits per heavy atom. The van der Waals surface area contributed by atoms with E-state index in [1.54, 1.807) is 23.7 Å². The van der Waals surface area contributed by atoms with Crippen molar-refractivity contribution in [3.63, 3.8) is 0 Å². The smallest absolute Gasteiger partial charge is 0.248 e. The minimum absolute atomic E-state index is 0.0417. The number of amides is 3. The van der Waals surface area contributed by atoms with Gasteiger partial charge in [-0.1, -0.05) is 0 Å². The second kappa shape index (κ2) is 10.0. The van der Waals surface area contributed by atoms with Crippen molar-refractivity contribution in [2.75, 3.05) is 43.5 Å².